The fourth-order valence-electron chi connectivity index (χ4n) is 4.47. The molecule has 3 rings (SSSR count). The molecular weight excluding hydrogens is 633 g/mol. The first-order chi connectivity index (χ1) is 20.5. The summed E-state index contributed by atoms with van der Waals surface area (Å²) in [6.07, 6.45) is 1.92. The molecule has 8 nitrogen and oxygen atoms in total. The molecular formula is C31H36Cl3N3O5S. The Morgan fingerprint density at radius 2 is 1.56 bits per heavy atom. The first-order valence-corrected chi connectivity index (χ1v) is 16.6. The molecule has 12 heteroatoms. The minimum atomic E-state index is -4.31. The van der Waals surface area contributed by atoms with E-state index in [1.807, 2.05) is 6.92 Å². The van der Waals surface area contributed by atoms with Crippen LogP contribution in [0.2, 0.25) is 15.1 Å². The smallest absolute Gasteiger partial charge is 0.264 e. The summed E-state index contributed by atoms with van der Waals surface area (Å²) in [7, 11) is -4.31. The summed E-state index contributed by atoms with van der Waals surface area (Å²) in [5.74, 6) is -0.702. The van der Waals surface area contributed by atoms with E-state index in [4.69, 9.17) is 39.5 Å². The number of sulfonamides is 1. The average Bonchev–Trinajstić information content (AvgIpc) is 2.98. The van der Waals surface area contributed by atoms with Crippen molar-refractivity contribution >= 4 is 62.3 Å². The van der Waals surface area contributed by atoms with Gasteiger partial charge in [0.15, 0.2) is 0 Å². The van der Waals surface area contributed by atoms with E-state index in [9.17, 15) is 18.0 Å². The zero-order chi connectivity index (χ0) is 31.6. The molecule has 0 spiro atoms. The third-order valence-electron chi connectivity index (χ3n) is 6.72. The summed E-state index contributed by atoms with van der Waals surface area (Å²) in [5.41, 5.74) is 0.615. The predicted molar refractivity (Wildman–Crippen MR) is 173 cm³/mol. The lowest BCUT2D eigenvalue weighted by atomic mass is 10.1. The molecule has 0 bridgehead atoms. The van der Waals surface area contributed by atoms with E-state index >= 15 is 0 Å². The second kappa shape index (κ2) is 16.2. The zero-order valence-corrected chi connectivity index (χ0v) is 27.4. The Labute approximate surface area is 268 Å². The van der Waals surface area contributed by atoms with Crippen LogP contribution in [0.3, 0.4) is 0 Å². The molecule has 1 N–H and O–H groups in total. The van der Waals surface area contributed by atoms with Crippen LogP contribution in [-0.4, -0.2) is 50.9 Å². The largest absolute Gasteiger partial charge is 0.492 e. The van der Waals surface area contributed by atoms with Gasteiger partial charge in [0.2, 0.25) is 11.8 Å². The van der Waals surface area contributed by atoms with Gasteiger partial charge in [0.05, 0.1) is 17.2 Å². The van der Waals surface area contributed by atoms with Gasteiger partial charge >= 0.3 is 0 Å². The molecule has 0 saturated carbocycles. The van der Waals surface area contributed by atoms with Gasteiger partial charge in [-0.05, 0) is 68.3 Å². The SMILES string of the molecule is CCCCNC(=O)[C@H](CC)N(Cc1c(Cl)cccc1Cl)C(=O)CN(c1ccccc1OCC)S(=O)(=O)c1ccc(Cl)cc1. The van der Waals surface area contributed by atoms with Crippen molar-refractivity contribution in [2.24, 2.45) is 0 Å². The number of ether oxygens (including phenoxy) is 1. The van der Waals surface area contributed by atoms with E-state index in [1.54, 1.807) is 56.3 Å². The van der Waals surface area contributed by atoms with Crippen LogP contribution in [0.25, 0.3) is 0 Å². The van der Waals surface area contributed by atoms with Gasteiger partial charge in [-0.2, -0.15) is 0 Å². The number of benzene rings is 3. The Bertz CT molecular complexity index is 1480. The van der Waals surface area contributed by atoms with Crippen LogP contribution in [0.4, 0.5) is 5.69 Å². The number of anilines is 1. The van der Waals surface area contributed by atoms with Gasteiger partial charge in [-0.15, -0.1) is 0 Å². The Morgan fingerprint density at radius 3 is 2.16 bits per heavy atom. The minimum Gasteiger partial charge on any atom is -0.492 e. The van der Waals surface area contributed by atoms with Crippen LogP contribution in [0, 0.1) is 0 Å². The molecule has 232 valence electrons. The molecule has 0 saturated heterocycles. The van der Waals surface area contributed by atoms with Crippen LogP contribution in [0.15, 0.2) is 71.6 Å². The Kier molecular flexibility index (Phi) is 13.0. The van der Waals surface area contributed by atoms with Crippen LogP contribution < -0.4 is 14.4 Å². The van der Waals surface area contributed by atoms with Crippen molar-refractivity contribution in [2.45, 2.75) is 57.5 Å². The molecule has 0 aliphatic heterocycles. The summed E-state index contributed by atoms with van der Waals surface area (Å²) in [6, 6.07) is 16.3. The number of nitrogens with one attached hydrogen (secondary N) is 1. The van der Waals surface area contributed by atoms with Gasteiger partial charge in [-0.1, -0.05) is 73.3 Å². The summed E-state index contributed by atoms with van der Waals surface area (Å²) in [6.45, 7) is 5.54. The highest BCUT2D eigenvalue weighted by Gasteiger charge is 2.35. The van der Waals surface area contributed by atoms with E-state index in [2.05, 4.69) is 5.32 Å². The maximum atomic E-state index is 14.3. The summed E-state index contributed by atoms with van der Waals surface area (Å²) in [5, 5.41) is 3.89. The predicted octanol–water partition coefficient (Wildman–Crippen LogP) is 6.96. The van der Waals surface area contributed by atoms with Crippen molar-refractivity contribution in [3.8, 4) is 5.75 Å². The molecule has 3 aromatic rings. The quantitative estimate of drug-likeness (QED) is 0.177. The Balaban J connectivity index is 2.12. The van der Waals surface area contributed by atoms with Crippen molar-refractivity contribution < 1.29 is 22.7 Å². The number of hydrogen-bond acceptors (Lipinski definition) is 5. The molecule has 43 heavy (non-hydrogen) atoms. The normalized spacial score (nSPS) is 12.0. The highest BCUT2D eigenvalue weighted by molar-refractivity contribution is 7.92. The highest BCUT2D eigenvalue weighted by Crippen LogP contribution is 2.34. The minimum absolute atomic E-state index is 0.0685. The number of halogens is 3. The number of hydrogen-bond donors (Lipinski definition) is 1. The standard InChI is InChI=1S/C31H36Cl3N3O5S/c1-4-7-19-35-31(39)27(5-2)36(20-24-25(33)11-10-12-26(24)34)30(38)21-37(28-13-8-9-14-29(28)42-6-3)43(40,41)23-17-15-22(32)16-18-23/h8-18,27H,4-7,19-21H2,1-3H3,(H,35,39)/t27-/m0/s1. The first-order valence-electron chi connectivity index (χ1n) is 14.0. The molecule has 0 unspecified atom stereocenters. The maximum absolute atomic E-state index is 14.3. The van der Waals surface area contributed by atoms with Crippen molar-refractivity contribution in [3.63, 3.8) is 0 Å². The molecule has 0 aromatic heterocycles. The van der Waals surface area contributed by atoms with Crippen molar-refractivity contribution in [3.05, 3.63) is 87.4 Å². The molecule has 3 aromatic carbocycles. The molecule has 0 radical (unpaired) electrons. The van der Waals surface area contributed by atoms with Crippen LogP contribution in [0.5, 0.6) is 5.75 Å². The summed E-state index contributed by atoms with van der Waals surface area (Å²) in [4.78, 5) is 28.9. The van der Waals surface area contributed by atoms with Crippen molar-refractivity contribution in [1.29, 1.82) is 0 Å². The molecule has 0 heterocycles. The van der Waals surface area contributed by atoms with Gasteiger partial charge in [0, 0.05) is 33.7 Å². The van der Waals surface area contributed by atoms with E-state index < -0.39 is 28.5 Å². The fourth-order valence-corrected chi connectivity index (χ4v) is 6.53. The van der Waals surface area contributed by atoms with Crippen molar-refractivity contribution in [1.82, 2.24) is 10.2 Å². The number of nitrogens with zero attached hydrogens (tertiary/aromatic N) is 2. The van der Waals surface area contributed by atoms with Crippen molar-refractivity contribution in [2.75, 3.05) is 24.0 Å². The number of para-hydroxylation sites is 2. The van der Waals surface area contributed by atoms with E-state index in [-0.39, 0.29) is 41.8 Å². The lowest BCUT2D eigenvalue weighted by Gasteiger charge is -2.34. The highest BCUT2D eigenvalue weighted by atomic mass is 35.5. The zero-order valence-electron chi connectivity index (χ0n) is 24.4. The molecule has 1 atom stereocenters. The first kappa shape index (κ1) is 34.5. The lowest BCUT2D eigenvalue weighted by molar-refractivity contribution is -0.140. The number of unbranched alkanes of at least 4 members (excludes halogenated alkanes) is 1. The van der Waals surface area contributed by atoms with Crippen LogP contribution in [-0.2, 0) is 26.2 Å². The summed E-state index contributed by atoms with van der Waals surface area (Å²) < 4.78 is 35.0. The van der Waals surface area contributed by atoms with Gasteiger partial charge in [0.1, 0.15) is 18.3 Å². The number of amides is 2. The van der Waals surface area contributed by atoms with Crippen LogP contribution >= 0.6 is 34.8 Å². The van der Waals surface area contributed by atoms with E-state index in [0.717, 1.165) is 17.1 Å². The van der Waals surface area contributed by atoms with Crippen LogP contribution in [0.1, 0.15) is 45.6 Å². The molecule has 0 aliphatic carbocycles. The Hall–Kier alpha value is -2.98. The van der Waals surface area contributed by atoms with Gasteiger partial charge in [-0.3, -0.25) is 13.9 Å². The molecule has 0 aliphatic rings. The van der Waals surface area contributed by atoms with E-state index in [0.29, 0.717) is 27.2 Å². The van der Waals surface area contributed by atoms with Gasteiger partial charge in [-0.25, -0.2) is 8.42 Å². The molecule has 0 fully saturated rings. The van der Waals surface area contributed by atoms with Gasteiger partial charge < -0.3 is 15.0 Å². The number of rotatable bonds is 15. The fraction of sp³-hybridized carbons (Fsp3) is 0.355. The Morgan fingerprint density at radius 1 is 0.907 bits per heavy atom. The van der Waals surface area contributed by atoms with Gasteiger partial charge in [0.25, 0.3) is 10.0 Å². The number of carbonyl (C=O) groups excluding carboxylic acids is 2. The monoisotopic (exact) mass is 667 g/mol. The van der Waals surface area contributed by atoms with E-state index in [1.165, 1.54) is 29.2 Å². The second-order valence-electron chi connectivity index (χ2n) is 9.66. The number of carbonyl (C=O) groups is 2. The second-order valence-corrected chi connectivity index (χ2v) is 12.8. The maximum Gasteiger partial charge on any atom is 0.264 e. The molecule has 2 amide bonds. The topological polar surface area (TPSA) is 96.0 Å². The summed E-state index contributed by atoms with van der Waals surface area (Å²) >= 11 is 19.0. The third kappa shape index (κ3) is 8.79. The lowest BCUT2D eigenvalue weighted by Crippen LogP contribution is -2.52. The average molecular weight is 669 g/mol. The third-order valence-corrected chi connectivity index (χ3v) is 9.45.